The second kappa shape index (κ2) is 5.79. The molecule has 0 fully saturated rings. The third-order valence-corrected chi connectivity index (χ3v) is 5.58. The lowest BCUT2D eigenvalue weighted by Crippen LogP contribution is -2.34. The summed E-state index contributed by atoms with van der Waals surface area (Å²) < 4.78 is 27.4. The summed E-state index contributed by atoms with van der Waals surface area (Å²) in [5.74, 6) is 0. The maximum absolute atomic E-state index is 12.1. The van der Waals surface area contributed by atoms with Crippen LogP contribution in [0.5, 0.6) is 0 Å². The van der Waals surface area contributed by atoms with Crippen molar-refractivity contribution in [3.8, 4) is 0 Å². The van der Waals surface area contributed by atoms with Gasteiger partial charge in [0.1, 0.15) is 0 Å². The van der Waals surface area contributed by atoms with Gasteiger partial charge in [-0.3, -0.25) is 0 Å². The van der Waals surface area contributed by atoms with Gasteiger partial charge in [-0.2, -0.15) is 0 Å². The second-order valence-corrected chi connectivity index (χ2v) is 8.40. The minimum absolute atomic E-state index is 0.293. The van der Waals surface area contributed by atoms with Crippen molar-refractivity contribution in [3.05, 3.63) is 14.7 Å². The van der Waals surface area contributed by atoms with Crippen LogP contribution in [0.2, 0.25) is 0 Å². The number of rotatable bonds is 5. The van der Waals surface area contributed by atoms with Crippen molar-refractivity contribution in [2.45, 2.75) is 44.2 Å². The lowest BCUT2D eigenvalue weighted by Gasteiger charge is -2.15. The van der Waals surface area contributed by atoms with E-state index in [9.17, 15) is 13.5 Å². The number of hydrogen-bond acceptors (Lipinski definition) is 4. The maximum Gasteiger partial charge on any atom is 0.241 e. The molecule has 0 aliphatic heterocycles. The largest absolute Gasteiger partial charge is 0.393 e. The third kappa shape index (κ3) is 4.33. The zero-order valence-electron chi connectivity index (χ0n) is 9.90. The molecule has 2 unspecified atom stereocenters. The second-order valence-electron chi connectivity index (χ2n) is 4.08. The number of aliphatic hydroxyl groups excluding tert-OH is 1. The summed E-state index contributed by atoms with van der Waals surface area (Å²) in [5, 5.41) is 9.21. The molecule has 0 radical (unpaired) electrons. The Morgan fingerprint density at radius 2 is 2.12 bits per heavy atom. The summed E-state index contributed by atoms with van der Waals surface area (Å²) in [6, 6.07) is 1.30. The van der Waals surface area contributed by atoms with E-state index in [-0.39, 0.29) is 6.04 Å². The molecule has 98 valence electrons. The summed E-state index contributed by atoms with van der Waals surface area (Å²) in [5.41, 5.74) is 0. The van der Waals surface area contributed by atoms with E-state index in [4.69, 9.17) is 0 Å². The minimum Gasteiger partial charge on any atom is -0.393 e. The van der Waals surface area contributed by atoms with Crippen molar-refractivity contribution >= 4 is 37.3 Å². The van der Waals surface area contributed by atoms with E-state index in [1.165, 1.54) is 11.3 Å². The topological polar surface area (TPSA) is 66.4 Å². The molecule has 0 aromatic carbocycles. The van der Waals surface area contributed by atoms with Crippen LogP contribution in [0, 0.1) is 6.92 Å². The van der Waals surface area contributed by atoms with Crippen molar-refractivity contribution in [2.24, 2.45) is 0 Å². The molecule has 1 aromatic heterocycles. The Kier molecular flexibility index (Phi) is 5.15. The van der Waals surface area contributed by atoms with Gasteiger partial charge < -0.3 is 5.11 Å². The van der Waals surface area contributed by atoms with Gasteiger partial charge >= 0.3 is 0 Å². The molecular formula is C10H16BrNO3S2. The van der Waals surface area contributed by atoms with Crippen LogP contribution in [0.25, 0.3) is 0 Å². The summed E-state index contributed by atoms with van der Waals surface area (Å²) in [7, 11) is -3.50. The lowest BCUT2D eigenvalue weighted by atomic mass is 10.2. The molecule has 0 bridgehead atoms. The molecule has 0 aliphatic rings. The highest BCUT2D eigenvalue weighted by Crippen LogP contribution is 2.29. The van der Waals surface area contributed by atoms with Crippen LogP contribution in [0.3, 0.4) is 0 Å². The number of aliphatic hydroxyl groups is 1. The molecular weight excluding hydrogens is 326 g/mol. The molecule has 2 atom stereocenters. The normalized spacial score (nSPS) is 15.8. The summed E-state index contributed by atoms with van der Waals surface area (Å²) in [4.78, 5) is 1.04. The average molecular weight is 342 g/mol. The van der Waals surface area contributed by atoms with E-state index in [0.717, 1.165) is 8.66 Å². The van der Waals surface area contributed by atoms with Crippen molar-refractivity contribution in [3.63, 3.8) is 0 Å². The summed E-state index contributed by atoms with van der Waals surface area (Å²) >= 11 is 4.65. The van der Waals surface area contributed by atoms with Gasteiger partial charge in [0.25, 0.3) is 0 Å². The van der Waals surface area contributed by atoms with Gasteiger partial charge in [0.15, 0.2) is 0 Å². The standard InChI is InChI=1S/C10H16BrNO3S2/c1-6(4-7(2)13)12-17(14,15)9-5-10(11)16-8(9)3/h5-7,12-13H,4H2,1-3H3. The minimum atomic E-state index is -3.50. The van der Waals surface area contributed by atoms with Gasteiger partial charge in [-0.25, -0.2) is 13.1 Å². The number of aryl methyl sites for hydroxylation is 1. The number of halogens is 1. The van der Waals surface area contributed by atoms with E-state index in [0.29, 0.717) is 11.3 Å². The highest BCUT2D eigenvalue weighted by Gasteiger charge is 2.22. The van der Waals surface area contributed by atoms with E-state index in [1.54, 1.807) is 26.8 Å². The van der Waals surface area contributed by atoms with Crippen molar-refractivity contribution in [2.75, 3.05) is 0 Å². The first-order chi connectivity index (χ1) is 7.72. The van der Waals surface area contributed by atoms with Crippen LogP contribution in [0.4, 0.5) is 0 Å². The SMILES string of the molecule is Cc1sc(Br)cc1S(=O)(=O)NC(C)CC(C)O. The first-order valence-electron chi connectivity index (χ1n) is 5.18. The monoisotopic (exact) mass is 341 g/mol. The van der Waals surface area contributed by atoms with Crippen molar-refractivity contribution < 1.29 is 13.5 Å². The molecule has 17 heavy (non-hydrogen) atoms. The van der Waals surface area contributed by atoms with Crippen LogP contribution >= 0.6 is 27.3 Å². The predicted molar refractivity (Wildman–Crippen MR) is 72.8 cm³/mol. The van der Waals surface area contributed by atoms with Crippen LogP contribution in [-0.2, 0) is 10.0 Å². The molecule has 1 heterocycles. The van der Waals surface area contributed by atoms with E-state index in [2.05, 4.69) is 20.7 Å². The highest BCUT2D eigenvalue weighted by atomic mass is 79.9. The Labute approximate surface area is 114 Å². The summed E-state index contributed by atoms with van der Waals surface area (Å²) in [6.45, 7) is 5.14. The first-order valence-corrected chi connectivity index (χ1v) is 8.28. The molecule has 0 amide bonds. The third-order valence-electron chi connectivity index (χ3n) is 2.18. The number of sulfonamides is 1. The first kappa shape index (κ1) is 15.1. The van der Waals surface area contributed by atoms with Crippen LogP contribution < -0.4 is 4.72 Å². The molecule has 2 N–H and O–H groups in total. The Morgan fingerprint density at radius 3 is 2.53 bits per heavy atom. The molecule has 7 heteroatoms. The number of nitrogens with one attached hydrogen (secondary N) is 1. The average Bonchev–Trinajstić information content (AvgIpc) is 2.42. The molecule has 4 nitrogen and oxygen atoms in total. The smallest absolute Gasteiger partial charge is 0.241 e. The predicted octanol–water partition coefficient (Wildman–Crippen LogP) is 2.26. The molecule has 0 saturated heterocycles. The molecule has 1 aromatic rings. The quantitative estimate of drug-likeness (QED) is 0.863. The van der Waals surface area contributed by atoms with E-state index in [1.807, 2.05) is 0 Å². The molecule has 1 rings (SSSR count). The highest BCUT2D eigenvalue weighted by molar-refractivity contribution is 9.11. The fourth-order valence-electron chi connectivity index (χ4n) is 1.59. The van der Waals surface area contributed by atoms with Gasteiger partial charge in [-0.05, 0) is 49.2 Å². The number of thiophene rings is 1. The fourth-order valence-corrected chi connectivity index (χ4v) is 5.26. The van der Waals surface area contributed by atoms with E-state index < -0.39 is 16.1 Å². The zero-order chi connectivity index (χ0) is 13.2. The van der Waals surface area contributed by atoms with Crippen LogP contribution in [0.1, 0.15) is 25.1 Å². The van der Waals surface area contributed by atoms with Gasteiger partial charge in [0, 0.05) is 10.9 Å². The Balaban J connectivity index is 2.86. The molecule has 0 saturated carbocycles. The van der Waals surface area contributed by atoms with Crippen LogP contribution in [0.15, 0.2) is 14.7 Å². The lowest BCUT2D eigenvalue weighted by molar-refractivity contribution is 0.175. The number of hydrogen-bond donors (Lipinski definition) is 2. The van der Waals surface area contributed by atoms with Gasteiger partial charge in [0.2, 0.25) is 10.0 Å². The zero-order valence-corrected chi connectivity index (χ0v) is 13.1. The van der Waals surface area contributed by atoms with Crippen molar-refractivity contribution in [1.82, 2.24) is 4.72 Å². The molecule has 0 spiro atoms. The maximum atomic E-state index is 12.1. The van der Waals surface area contributed by atoms with Crippen LogP contribution in [-0.4, -0.2) is 25.7 Å². The van der Waals surface area contributed by atoms with Crippen molar-refractivity contribution in [1.29, 1.82) is 0 Å². The Morgan fingerprint density at radius 1 is 1.53 bits per heavy atom. The van der Waals surface area contributed by atoms with Gasteiger partial charge in [0.05, 0.1) is 14.8 Å². The fraction of sp³-hybridized carbons (Fsp3) is 0.600. The van der Waals surface area contributed by atoms with E-state index >= 15 is 0 Å². The van der Waals surface area contributed by atoms with Gasteiger partial charge in [-0.1, -0.05) is 0 Å². The van der Waals surface area contributed by atoms with Gasteiger partial charge in [-0.15, -0.1) is 11.3 Å². The Hall–Kier alpha value is 0.0500. The molecule has 0 aliphatic carbocycles. The Bertz CT molecular complexity index is 482. The summed E-state index contributed by atoms with van der Waals surface area (Å²) in [6.07, 6.45) is -0.133.